The fourth-order valence-corrected chi connectivity index (χ4v) is 6.47. The van der Waals surface area contributed by atoms with Crippen LogP contribution in [0.25, 0.3) is 42.8 Å². The van der Waals surface area contributed by atoms with Crippen molar-refractivity contribution in [3.63, 3.8) is 0 Å². The molecule has 0 amide bonds. The second kappa shape index (κ2) is 9.83. The Labute approximate surface area is 232 Å². The zero-order valence-corrected chi connectivity index (χ0v) is 25.0. The summed E-state index contributed by atoms with van der Waals surface area (Å²) < 4.78 is 1.14. The number of fused-ring (bicyclic) bond motifs is 2. The van der Waals surface area contributed by atoms with E-state index in [9.17, 15) is 0 Å². The third-order valence-corrected chi connectivity index (χ3v) is 8.55. The maximum atomic E-state index is 5.23. The van der Waals surface area contributed by atoms with Gasteiger partial charge in [-0.1, -0.05) is 86.6 Å². The molecule has 0 spiro atoms. The van der Waals surface area contributed by atoms with Gasteiger partial charge < -0.3 is 0 Å². The Morgan fingerprint density at radius 1 is 0.842 bits per heavy atom. The highest BCUT2D eigenvalue weighted by molar-refractivity contribution is 7.22. The lowest BCUT2D eigenvalue weighted by Gasteiger charge is -2.22. The summed E-state index contributed by atoms with van der Waals surface area (Å²) in [6.07, 6.45) is 1.90. The van der Waals surface area contributed by atoms with Crippen LogP contribution in [0.2, 0.25) is 0 Å². The summed E-state index contributed by atoms with van der Waals surface area (Å²) in [7, 11) is 0. The minimum atomic E-state index is -0.00724. The van der Waals surface area contributed by atoms with Crippen molar-refractivity contribution in [3.05, 3.63) is 83.0 Å². The first-order valence-electron chi connectivity index (χ1n) is 13.8. The lowest BCUT2D eigenvalue weighted by atomic mass is 9.82. The lowest BCUT2D eigenvalue weighted by Crippen LogP contribution is -2.12. The van der Waals surface area contributed by atoms with Crippen molar-refractivity contribution in [1.29, 1.82) is 0 Å². The van der Waals surface area contributed by atoms with E-state index >= 15 is 0 Å². The van der Waals surface area contributed by atoms with Gasteiger partial charge in [-0.25, -0.2) is 4.98 Å². The molecule has 0 fully saturated rings. The molecule has 0 radical (unpaired) electrons. The molecule has 0 bridgehead atoms. The van der Waals surface area contributed by atoms with Crippen LogP contribution in [0.4, 0.5) is 0 Å². The molecule has 0 N–H and O–H groups in total. The largest absolute Gasteiger partial charge is 0.255 e. The first-order valence-corrected chi connectivity index (χ1v) is 14.6. The van der Waals surface area contributed by atoms with Gasteiger partial charge in [-0.2, -0.15) is 0 Å². The number of rotatable bonds is 5. The third kappa shape index (κ3) is 4.72. The monoisotopic (exact) mass is 518 g/mol. The Morgan fingerprint density at radius 3 is 2.13 bits per heavy atom. The maximum absolute atomic E-state index is 5.23. The first kappa shape index (κ1) is 26.4. The quantitative estimate of drug-likeness (QED) is 0.231. The van der Waals surface area contributed by atoms with Crippen LogP contribution in [-0.2, 0) is 5.41 Å². The molecule has 0 aliphatic heterocycles. The molecule has 2 nitrogen and oxygen atoms in total. The molecule has 3 heteroatoms. The van der Waals surface area contributed by atoms with Gasteiger partial charge in [0, 0.05) is 22.7 Å². The van der Waals surface area contributed by atoms with Crippen molar-refractivity contribution in [2.24, 2.45) is 0 Å². The van der Waals surface area contributed by atoms with Gasteiger partial charge in [0.2, 0.25) is 0 Å². The van der Waals surface area contributed by atoms with Crippen LogP contribution in [0, 0.1) is 12.1 Å². The molecule has 0 unspecified atom stereocenters. The van der Waals surface area contributed by atoms with Crippen molar-refractivity contribution in [1.82, 2.24) is 9.97 Å². The van der Waals surface area contributed by atoms with E-state index in [1.165, 1.54) is 33.2 Å². The van der Waals surface area contributed by atoms with Gasteiger partial charge in [-0.05, 0) is 81.1 Å². The summed E-state index contributed by atoms with van der Waals surface area (Å²) >= 11 is 1.78. The van der Waals surface area contributed by atoms with Crippen LogP contribution in [0.3, 0.4) is 0 Å². The van der Waals surface area contributed by atoms with E-state index in [0.717, 1.165) is 31.9 Å². The predicted molar refractivity (Wildman–Crippen MR) is 164 cm³/mol. The number of hydrogen-bond donors (Lipinski definition) is 0. The van der Waals surface area contributed by atoms with Crippen molar-refractivity contribution >= 4 is 32.3 Å². The zero-order chi connectivity index (χ0) is 27.4. The fraction of sp³-hybridized carbons (Fsp3) is 0.371. The standard InChI is InChI=1S/C35H38N2S/c1-20(2)24-17-27(21(3)4)31(28(18-24)22(5)6)34-37-30-14-15-36-32(33(30)38-34)25-16-23-12-10-11-13-26(23)29(19-25)35(7,8)9/h11,13-22H,1-9H3. The summed E-state index contributed by atoms with van der Waals surface area (Å²) in [5.74, 6) is 1.31. The first-order chi connectivity index (χ1) is 18.0. The van der Waals surface area contributed by atoms with Gasteiger partial charge in [0.05, 0.1) is 15.9 Å². The van der Waals surface area contributed by atoms with E-state index in [-0.39, 0.29) is 5.41 Å². The van der Waals surface area contributed by atoms with Gasteiger partial charge >= 0.3 is 0 Å². The minimum Gasteiger partial charge on any atom is -0.255 e. The van der Waals surface area contributed by atoms with Crippen molar-refractivity contribution in [3.8, 4) is 21.8 Å². The number of aromatic nitrogens is 2. The fourth-order valence-electron chi connectivity index (χ4n) is 5.31. The van der Waals surface area contributed by atoms with Crippen molar-refractivity contribution in [2.75, 3.05) is 0 Å². The topological polar surface area (TPSA) is 25.8 Å². The summed E-state index contributed by atoms with van der Waals surface area (Å²) in [5, 5.41) is 3.39. The summed E-state index contributed by atoms with van der Waals surface area (Å²) in [4.78, 5) is 10.1. The highest BCUT2D eigenvalue weighted by atomic mass is 32.1. The van der Waals surface area contributed by atoms with E-state index in [4.69, 9.17) is 9.97 Å². The van der Waals surface area contributed by atoms with E-state index in [2.05, 4.69) is 111 Å². The highest BCUT2D eigenvalue weighted by Gasteiger charge is 2.23. The minimum absolute atomic E-state index is 0.00724. The Hall–Kier alpha value is -3.22. The van der Waals surface area contributed by atoms with Gasteiger partial charge in [-0.15, -0.1) is 11.3 Å². The average molecular weight is 519 g/mol. The molecule has 3 aromatic carbocycles. The maximum Gasteiger partial charge on any atom is 0.125 e. The number of pyridine rings is 1. The van der Waals surface area contributed by atoms with E-state index in [0.29, 0.717) is 17.8 Å². The molecular formula is C35H38N2S. The number of hydrogen-bond acceptors (Lipinski definition) is 3. The molecule has 0 aliphatic carbocycles. The van der Waals surface area contributed by atoms with E-state index < -0.39 is 0 Å². The van der Waals surface area contributed by atoms with Crippen LogP contribution in [0.1, 0.15) is 102 Å². The Kier molecular flexibility index (Phi) is 6.82. The van der Waals surface area contributed by atoms with Crippen LogP contribution >= 0.6 is 11.3 Å². The van der Waals surface area contributed by atoms with Crippen LogP contribution in [-0.4, -0.2) is 9.97 Å². The Bertz CT molecular complexity index is 1600. The van der Waals surface area contributed by atoms with Gasteiger partial charge in [-0.3, -0.25) is 4.98 Å². The molecule has 194 valence electrons. The highest BCUT2D eigenvalue weighted by Crippen LogP contribution is 2.44. The second-order valence-electron chi connectivity index (χ2n) is 12.4. The second-order valence-corrected chi connectivity index (χ2v) is 13.4. The SMILES string of the molecule is CC(C)c1cc(C(C)C)c(-c2nc3ccnc(-c4cc(C(C)(C)C)c5ccc#cc5c4)c3s2)c(C(C)C)c1. The molecule has 5 aromatic rings. The molecule has 0 atom stereocenters. The molecule has 0 aliphatic rings. The third-order valence-electron chi connectivity index (χ3n) is 7.45. The normalized spacial score (nSPS) is 12.3. The van der Waals surface area contributed by atoms with Crippen LogP contribution < -0.4 is 0 Å². The smallest absolute Gasteiger partial charge is 0.125 e. The zero-order valence-electron chi connectivity index (χ0n) is 24.2. The average Bonchev–Trinajstić information content (AvgIpc) is 3.30. The van der Waals surface area contributed by atoms with Gasteiger partial charge in [0.25, 0.3) is 0 Å². The van der Waals surface area contributed by atoms with Crippen molar-refractivity contribution < 1.29 is 0 Å². The molecule has 0 saturated heterocycles. The van der Waals surface area contributed by atoms with Crippen LogP contribution in [0.15, 0.2) is 48.7 Å². The number of nitrogens with zero attached hydrogens (tertiary/aromatic N) is 2. The van der Waals surface area contributed by atoms with Gasteiger partial charge in [0.1, 0.15) is 5.01 Å². The molecule has 38 heavy (non-hydrogen) atoms. The van der Waals surface area contributed by atoms with Crippen LogP contribution in [0.5, 0.6) is 0 Å². The predicted octanol–water partition coefficient (Wildman–Crippen LogP) is 10.4. The molecular weight excluding hydrogens is 480 g/mol. The number of benzene rings is 2. The van der Waals surface area contributed by atoms with E-state index in [1.54, 1.807) is 11.3 Å². The lowest BCUT2D eigenvalue weighted by molar-refractivity contribution is 0.596. The summed E-state index contributed by atoms with van der Waals surface area (Å²) in [5.41, 5.74) is 9.90. The Morgan fingerprint density at radius 2 is 1.53 bits per heavy atom. The van der Waals surface area contributed by atoms with Gasteiger partial charge in [0.15, 0.2) is 0 Å². The molecule has 0 saturated carbocycles. The van der Waals surface area contributed by atoms with E-state index in [1.807, 2.05) is 12.3 Å². The molecule has 2 heterocycles. The van der Waals surface area contributed by atoms with Crippen molar-refractivity contribution in [2.45, 2.75) is 85.5 Å². The number of thiazole rings is 1. The summed E-state index contributed by atoms with van der Waals surface area (Å²) in [6.45, 7) is 20.5. The Balaban J connectivity index is 1.77. The molecule has 2 aromatic heterocycles. The summed E-state index contributed by atoms with van der Waals surface area (Å²) in [6, 6.07) is 22.0. The molecule has 5 rings (SSSR count).